The molecule has 1 aromatic heterocycles. The van der Waals surface area contributed by atoms with E-state index >= 15 is 0 Å². The van der Waals surface area contributed by atoms with Gasteiger partial charge in [0.1, 0.15) is 0 Å². The molecule has 0 aliphatic rings. The van der Waals surface area contributed by atoms with Crippen molar-refractivity contribution in [2.24, 2.45) is 5.84 Å². The van der Waals surface area contributed by atoms with Crippen LogP contribution in [0.3, 0.4) is 0 Å². The van der Waals surface area contributed by atoms with Crippen LogP contribution in [0.25, 0.3) is 0 Å². The van der Waals surface area contributed by atoms with Crippen molar-refractivity contribution in [2.45, 2.75) is 6.04 Å². The molecule has 3 N–H and O–H groups in total. The van der Waals surface area contributed by atoms with Gasteiger partial charge in [0.25, 0.3) is 0 Å². The minimum Gasteiger partial charge on any atom is -0.494 e. The SMILES string of the molecule is COc1ccc(C(NN)c2ncccc2Br)cc1F. The summed E-state index contributed by atoms with van der Waals surface area (Å²) in [4.78, 5) is 4.26. The molecular formula is C13H13BrFN3O. The van der Waals surface area contributed by atoms with Crippen LogP contribution in [0.4, 0.5) is 4.39 Å². The topological polar surface area (TPSA) is 60.2 Å². The van der Waals surface area contributed by atoms with Crippen molar-refractivity contribution in [1.29, 1.82) is 0 Å². The zero-order valence-corrected chi connectivity index (χ0v) is 11.8. The number of ether oxygens (including phenoxy) is 1. The van der Waals surface area contributed by atoms with Gasteiger partial charge >= 0.3 is 0 Å². The molecule has 0 aliphatic carbocycles. The Labute approximate surface area is 118 Å². The first-order chi connectivity index (χ1) is 9.17. The molecular weight excluding hydrogens is 313 g/mol. The molecule has 0 radical (unpaired) electrons. The van der Waals surface area contributed by atoms with Gasteiger partial charge < -0.3 is 4.74 Å². The van der Waals surface area contributed by atoms with E-state index in [1.54, 1.807) is 24.4 Å². The van der Waals surface area contributed by atoms with Crippen molar-refractivity contribution >= 4 is 15.9 Å². The quantitative estimate of drug-likeness (QED) is 0.670. The molecule has 0 aliphatic heterocycles. The summed E-state index contributed by atoms with van der Waals surface area (Å²) in [7, 11) is 1.42. The molecule has 100 valence electrons. The van der Waals surface area contributed by atoms with E-state index in [9.17, 15) is 4.39 Å². The Bertz CT molecular complexity index is 580. The van der Waals surface area contributed by atoms with Gasteiger partial charge in [0.2, 0.25) is 0 Å². The van der Waals surface area contributed by atoms with Crippen molar-refractivity contribution in [3.05, 3.63) is 58.1 Å². The Balaban J connectivity index is 2.43. The monoisotopic (exact) mass is 325 g/mol. The minimum atomic E-state index is -0.438. The predicted octanol–water partition coefficient (Wildman–Crippen LogP) is 2.54. The molecule has 0 amide bonds. The van der Waals surface area contributed by atoms with Crippen molar-refractivity contribution in [2.75, 3.05) is 7.11 Å². The van der Waals surface area contributed by atoms with E-state index < -0.39 is 11.9 Å². The third kappa shape index (κ3) is 2.91. The van der Waals surface area contributed by atoms with E-state index in [-0.39, 0.29) is 5.75 Å². The number of benzene rings is 1. The zero-order valence-electron chi connectivity index (χ0n) is 10.2. The summed E-state index contributed by atoms with van der Waals surface area (Å²) in [5, 5.41) is 0. The van der Waals surface area contributed by atoms with Crippen molar-refractivity contribution in [3.8, 4) is 5.75 Å². The lowest BCUT2D eigenvalue weighted by Crippen LogP contribution is -2.29. The summed E-state index contributed by atoms with van der Waals surface area (Å²) in [5.74, 6) is 5.32. The van der Waals surface area contributed by atoms with Crippen LogP contribution in [0.2, 0.25) is 0 Å². The zero-order chi connectivity index (χ0) is 13.8. The Kier molecular flexibility index (Phi) is 4.47. The Morgan fingerprint density at radius 1 is 1.42 bits per heavy atom. The number of nitrogens with two attached hydrogens (primary N) is 1. The van der Waals surface area contributed by atoms with Crippen LogP contribution in [-0.4, -0.2) is 12.1 Å². The molecule has 0 saturated heterocycles. The number of nitrogens with zero attached hydrogens (tertiary/aromatic N) is 1. The molecule has 19 heavy (non-hydrogen) atoms. The van der Waals surface area contributed by atoms with Crippen LogP contribution in [0, 0.1) is 5.82 Å². The number of halogens is 2. The highest BCUT2D eigenvalue weighted by Gasteiger charge is 2.18. The second-order valence-corrected chi connectivity index (χ2v) is 4.72. The average molecular weight is 326 g/mol. The molecule has 1 aromatic carbocycles. The van der Waals surface area contributed by atoms with Crippen LogP contribution >= 0.6 is 15.9 Å². The fourth-order valence-electron chi connectivity index (χ4n) is 1.81. The summed E-state index contributed by atoms with van der Waals surface area (Å²) in [5.41, 5.74) is 4.00. The molecule has 2 aromatic rings. The van der Waals surface area contributed by atoms with Crippen LogP contribution in [0.5, 0.6) is 5.75 Å². The maximum Gasteiger partial charge on any atom is 0.165 e. The smallest absolute Gasteiger partial charge is 0.165 e. The molecule has 0 bridgehead atoms. The highest BCUT2D eigenvalue weighted by molar-refractivity contribution is 9.10. The number of methoxy groups -OCH3 is 1. The molecule has 6 heteroatoms. The van der Waals surface area contributed by atoms with Crippen molar-refractivity contribution < 1.29 is 9.13 Å². The number of rotatable bonds is 4. The van der Waals surface area contributed by atoms with E-state index in [0.29, 0.717) is 11.3 Å². The number of hydrogen-bond donors (Lipinski definition) is 2. The van der Waals surface area contributed by atoms with Crippen LogP contribution < -0.4 is 16.0 Å². The first kappa shape index (κ1) is 13.9. The first-order valence-corrected chi connectivity index (χ1v) is 6.36. The molecule has 2 rings (SSSR count). The molecule has 0 fully saturated rings. The van der Waals surface area contributed by atoms with E-state index in [0.717, 1.165) is 4.47 Å². The third-order valence-electron chi connectivity index (χ3n) is 2.74. The average Bonchev–Trinajstić information content (AvgIpc) is 2.42. The summed E-state index contributed by atoms with van der Waals surface area (Å²) >= 11 is 3.41. The lowest BCUT2D eigenvalue weighted by Gasteiger charge is -2.17. The lowest BCUT2D eigenvalue weighted by molar-refractivity contribution is 0.385. The molecule has 4 nitrogen and oxygen atoms in total. The number of nitrogens with one attached hydrogen (secondary N) is 1. The van der Waals surface area contributed by atoms with Gasteiger partial charge in [-0.3, -0.25) is 10.8 Å². The van der Waals surface area contributed by atoms with Crippen LogP contribution in [0.1, 0.15) is 17.3 Å². The fourth-order valence-corrected chi connectivity index (χ4v) is 2.29. The number of aromatic nitrogens is 1. The number of hydrazine groups is 1. The summed E-state index contributed by atoms with van der Waals surface area (Å²) in [6.45, 7) is 0. The van der Waals surface area contributed by atoms with Crippen LogP contribution in [0.15, 0.2) is 41.0 Å². The standard InChI is InChI=1S/C13H13BrFN3O/c1-19-11-5-4-8(7-10(11)15)12(18-16)13-9(14)3-2-6-17-13/h2-7,12,18H,16H2,1H3. The highest BCUT2D eigenvalue weighted by Crippen LogP contribution is 2.28. The van der Waals surface area contributed by atoms with Gasteiger partial charge in [-0.15, -0.1) is 0 Å². The maximum absolute atomic E-state index is 13.7. The Hall–Kier alpha value is -1.50. The second-order valence-electron chi connectivity index (χ2n) is 3.86. The van der Waals surface area contributed by atoms with Gasteiger partial charge in [-0.2, -0.15) is 0 Å². The molecule has 0 spiro atoms. The summed E-state index contributed by atoms with van der Waals surface area (Å²) in [6, 6.07) is 7.93. The van der Waals surface area contributed by atoms with E-state index in [1.165, 1.54) is 13.2 Å². The van der Waals surface area contributed by atoms with E-state index in [2.05, 4.69) is 26.3 Å². The summed E-state index contributed by atoms with van der Waals surface area (Å²) in [6.07, 6.45) is 1.66. The van der Waals surface area contributed by atoms with Gasteiger partial charge in [0, 0.05) is 10.7 Å². The van der Waals surface area contributed by atoms with Gasteiger partial charge in [0.15, 0.2) is 11.6 Å². The van der Waals surface area contributed by atoms with Gasteiger partial charge in [-0.25, -0.2) is 9.82 Å². The van der Waals surface area contributed by atoms with Crippen molar-refractivity contribution in [1.82, 2.24) is 10.4 Å². The molecule has 1 unspecified atom stereocenters. The Morgan fingerprint density at radius 2 is 2.21 bits per heavy atom. The second kappa shape index (κ2) is 6.10. The van der Waals surface area contributed by atoms with Gasteiger partial charge in [0.05, 0.1) is 18.8 Å². The third-order valence-corrected chi connectivity index (χ3v) is 3.41. The largest absolute Gasteiger partial charge is 0.494 e. The fraction of sp³-hybridized carbons (Fsp3) is 0.154. The molecule has 1 atom stereocenters. The lowest BCUT2D eigenvalue weighted by atomic mass is 10.0. The van der Waals surface area contributed by atoms with E-state index in [1.807, 2.05) is 6.07 Å². The van der Waals surface area contributed by atoms with Gasteiger partial charge in [-0.1, -0.05) is 6.07 Å². The Morgan fingerprint density at radius 3 is 2.79 bits per heavy atom. The normalized spacial score (nSPS) is 12.2. The first-order valence-electron chi connectivity index (χ1n) is 5.57. The van der Waals surface area contributed by atoms with Crippen LogP contribution in [-0.2, 0) is 0 Å². The summed E-state index contributed by atoms with van der Waals surface area (Å²) < 4.78 is 19.4. The van der Waals surface area contributed by atoms with Gasteiger partial charge in [-0.05, 0) is 45.8 Å². The maximum atomic E-state index is 13.7. The number of hydrogen-bond acceptors (Lipinski definition) is 4. The highest BCUT2D eigenvalue weighted by atomic mass is 79.9. The van der Waals surface area contributed by atoms with E-state index in [4.69, 9.17) is 10.6 Å². The van der Waals surface area contributed by atoms with Crippen molar-refractivity contribution in [3.63, 3.8) is 0 Å². The predicted molar refractivity (Wildman–Crippen MR) is 74.1 cm³/mol. The minimum absolute atomic E-state index is 0.194. The number of pyridine rings is 1. The molecule has 1 heterocycles. The molecule has 0 saturated carbocycles.